The second kappa shape index (κ2) is 4.96. The van der Waals surface area contributed by atoms with Crippen molar-refractivity contribution in [3.63, 3.8) is 0 Å². The molecule has 0 radical (unpaired) electrons. The lowest BCUT2D eigenvalue weighted by Crippen LogP contribution is -2.17. The highest BCUT2D eigenvalue weighted by Crippen LogP contribution is 2.57. The van der Waals surface area contributed by atoms with Gasteiger partial charge in [-0.15, -0.1) is 0 Å². The van der Waals surface area contributed by atoms with Crippen LogP contribution in [0, 0.1) is 19.7 Å². The molecule has 0 heterocycles. The van der Waals surface area contributed by atoms with Crippen LogP contribution in [0.4, 0.5) is 4.39 Å². The molecule has 1 aliphatic rings. The molecule has 5 heteroatoms. The largest absolute Gasteiger partial charge is 0.493 e. The van der Waals surface area contributed by atoms with E-state index in [1.807, 2.05) is 0 Å². The minimum absolute atomic E-state index is 0.0180. The fourth-order valence-electron chi connectivity index (χ4n) is 2.98. The number of hydrogen-bond donors (Lipinski definition) is 1. The molecule has 0 saturated heterocycles. The number of benzene rings is 1. The van der Waals surface area contributed by atoms with Crippen molar-refractivity contribution in [3.05, 3.63) is 22.5 Å². The van der Waals surface area contributed by atoms with Crippen LogP contribution in [-0.2, 0) is 10.2 Å². The Labute approximate surface area is 117 Å². The molecule has 1 aromatic rings. The summed E-state index contributed by atoms with van der Waals surface area (Å²) >= 11 is 0. The van der Waals surface area contributed by atoms with Gasteiger partial charge in [-0.2, -0.15) is 0 Å². The lowest BCUT2D eigenvalue weighted by Gasteiger charge is -2.23. The Morgan fingerprint density at radius 3 is 2.15 bits per heavy atom. The monoisotopic (exact) mass is 282 g/mol. The zero-order valence-electron chi connectivity index (χ0n) is 12.2. The predicted octanol–water partition coefficient (Wildman–Crippen LogP) is 2.97. The first kappa shape index (κ1) is 14.6. The third kappa shape index (κ3) is 2.11. The summed E-state index contributed by atoms with van der Waals surface area (Å²) in [6, 6.07) is 0. The van der Waals surface area contributed by atoms with Crippen LogP contribution < -0.4 is 9.47 Å². The molecule has 0 atom stereocenters. The standard InChI is InChI=1S/C15H19FO4/c1-8-11(15(5-6-15)7-10(17)18)14(20-4)13(19-3)9(2)12(8)16/h5-7H2,1-4H3,(H,17,18). The average molecular weight is 282 g/mol. The number of methoxy groups -OCH3 is 2. The van der Waals surface area contributed by atoms with Gasteiger partial charge in [0.25, 0.3) is 0 Å². The number of carboxylic acid groups (broad SMARTS) is 1. The summed E-state index contributed by atoms with van der Waals surface area (Å²) in [5.41, 5.74) is 0.960. The van der Waals surface area contributed by atoms with Gasteiger partial charge in [0.15, 0.2) is 11.5 Å². The second-order valence-electron chi connectivity index (χ2n) is 5.36. The van der Waals surface area contributed by atoms with Crippen LogP contribution in [0.15, 0.2) is 0 Å². The fraction of sp³-hybridized carbons (Fsp3) is 0.533. The molecule has 0 spiro atoms. The Hall–Kier alpha value is -1.78. The van der Waals surface area contributed by atoms with Gasteiger partial charge < -0.3 is 14.6 Å². The van der Waals surface area contributed by atoms with Crippen molar-refractivity contribution in [1.82, 2.24) is 0 Å². The van der Waals surface area contributed by atoms with E-state index in [0.717, 1.165) is 12.8 Å². The maximum atomic E-state index is 14.4. The summed E-state index contributed by atoms with van der Waals surface area (Å²) in [4.78, 5) is 11.1. The van der Waals surface area contributed by atoms with E-state index >= 15 is 0 Å². The minimum atomic E-state index is -0.885. The van der Waals surface area contributed by atoms with Crippen LogP contribution >= 0.6 is 0 Å². The Kier molecular flexibility index (Phi) is 3.63. The first-order valence-electron chi connectivity index (χ1n) is 6.51. The first-order valence-corrected chi connectivity index (χ1v) is 6.51. The topological polar surface area (TPSA) is 55.8 Å². The van der Waals surface area contributed by atoms with Gasteiger partial charge in [-0.25, -0.2) is 4.39 Å². The Morgan fingerprint density at radius 2 is 1.75 bits per heavy atom. The number of carbonyl (C=O) groups is 1. The number of halogens is 1. The van der Waals surface area contributed by atoms with Crippen LogP contribution in [0.1, 0.15) is 36.0 Å². The molecule has 1 saturated carbocycles. The van der Waals surface area contributed by atoms with Crippen molar-refractivity contribution in [2.75, 3.05) is 14.2 Å². The molecule has 4 nitrogen and oxygen atoms in total. The van der Waals surface area contributed by atoms with Crippen LogP contribution in [0.3, 0.4) is 0 Å². The van der Waals surface area contributed by atoms with Gasteiger partial charge in [-0.05, 0) is 32.3 Å². The maximum absolute atomic E-state index is 14.4. The van der Waals surface area contributed by atoms with Crippen molar-refractivity contribution < 1.29 is 23.8 Å². The smallest absolute Gasteiger partial charge is 0.304 e. The van der Waals surface area contributed by atoms with Gasteiger partial charge >= 0.3 is 5.97 Å². The van der Waals surface area contributed by atoms with E-state index in [4.69, 9.17) is 14.6 Å². The Balaban J connectivity index is 2.69. The van der Waals surface area contributed by atoms with Crippen LogP contribution in [0.25, 0.3) is 0 Å². The van der Waals surface area contributed by atoms with Crippen molar-refractivity contribution in [1.29, 1.82) is 0 Å². The number of aliphatic carboxylic acids is 1. The molecule has 1 N–H and O–H groups in total. The molecule has 0 amide bonds. The fourth-order valence-corrected chi connectivity index (χ4v) is 2.98. The van der Waals surface area contributed by atoms with Crippen molar-refractivity contribution in [3.8, 4) is 11.5 Å². The normalized spacial score (nSPS) is 15.8. The van der Waals surface area contributed by atoms with Gasteiger partial charge in [0, 0.05) is 16.5 Å². The summed E-state index contributed by atoms with van der Waals surface area (Å²) in [7, 11) is 2.95. The lowest BCUT2D eigenvalue weighted by molar-refractivity contribution is -0.137. The molecule has 20 heavy (non-hydrogen) atoms. The average Bonchev–Trinajstić information content (AvgIpc) is 3.14. The van der Waals surface area contributed by atoms with E-state index in [1.54, 1.807) is 13.8 Å². The quantitative estimate of drug-likeness (QED) is 0.902. The molecule has 1 aromatic carbocycles. The van der Waals surface area contributed by atoms with E-state index in [-0.39, 0.29) is 12.2 Å². The molecule has 0 aromatic heterocycles. The lowest BCUT2D eigenvalue weighted by atomic mass is 9.86. The van der Waals surface area contributed by atoms with E-state index in [1.165, 1.54) is 14.2 Å². The summed E-state index contributed by atoms with van der Waals surface area (Å²) in [6.45, 7) is 3.30. The highest BCUT2D eigenvalue weighted by Gasteiger charge is 2.50. The first-order chi connectivity index (χ1) is 9.38. The zero-order valence-corrected chi connectivity index (χ0v) is 12.2. The number of carboxylic acids is 1. The molecule has 1 aliphatic carbocycles. The van der Waals surface area contributed by atoms with Crippen molar-refractivity contribution in [2.45, 2.75) is 38.5 Å². The molecule has 0 aliphatic heterocycles. The number of rotatable bonds is 5. The van der Waals surface area contributed by atoms with Gasteiger partial charge in [0.1, 0.15) is 5.82 Å². The van der Waals surface area contributed by atoms with Gasteiger partial charge in [0.2, 0.25) is 0 Å². The van der Waals surface area contributed by atoms with Crippen molar-refractivity contribution >= 4 is 5.97 Å². The maximum Gasteiger partial charge on any atom is 0.304 e. The van der Waals surface area contributed by atoms with E-state index in [0.29, 0.717) is 28.2 Å². The third-order valence-corrected chi connectivity index (χ3v) is 4.09. The molecule has 110 valence electrons. The molecule has 0 unspecified atom stereocenters. The summed E-state index contributed by atoms with van der Waals surface area (Å²) < 4.78 is 25.0. The predicted molar refractivity (Wildman–Crippen MR) is 72.1 cm³/mol. The molecular formula is C15H19FO4. The second-order valence-corrected chi connectivity index (χ2v) is 5.36. The van der Waals surface area contributed by atoms with Crippen LogP contribution in [0.2, 0.25) is 0 Å². The molecule has 1 fully saturated rings. The zero-order chi connectivity index (χ0) is 15.1. The van der Waals surface area contributed by atoms with Gasteiger partial charge in [-0.3, -0.25) is 4.79 Å². The third-order valence-electron chi connectivity index (χ3n) is 4.09. The molecule has 2 rings (SSSR count). The van der Waals surface area contributed by atoms with Crippen LogP contribution in [-0.4, -0.2) is 25.3 Å². The van der Waals surface area contributed by atoms with E-state index in [2.05, 4.69) is 0 Å². The summed E-state index contributed by atoms with van der Waals surface area (Å²) in [6.07, 6.45) is 1.43. The van der Waals surface area contributed by atoms with E-state index < -0.39 is 11.4 Å². The Morgan fingerprint density at radius 1 is 1.20 bits per heavy atom. The molecule has 0 bridgehead atoms. The molecular weight excluding hydrogens is 263 g/mol. The summed E-state index contributed by atoms with van der Waals surface area (Å²) in [5.74, 6) is -0.428. The van der Waals surface area contributed by atoms with Gasteiger partial charge in [0.05, 0.1) is 20.6 Å². The highest BCUT2D eigenvalue weighted by atomic mass is 19.1. The minimum Gasteiger partial charge on any atom is -0.493 e. The Bertz CT molecular complexity index is 562. The number of hydrogen-bond acceptors (Lipinski definition) is 3. The summed E-state index contributed by atoms with van der Waals surface area (Å²) in [5, 5.41) is 9.09. The SMILES string of the molecule is COc1c(C)c(F)c(C)c(C2(CC(=O)O)CC2)c1OC. The van der Waals surface area contributed by atoms with Gasteiger partial charge in [-0.1, -0.05) is 0 Å². The number of ether oxygens (including phenoxy) is 2. The van der Waals surface area contributed by atoms with Crippen molar-refractivity contribution in [2.24, 2.45) is 0 Å². The van der Waals surface area contributed by atoms with Crippen LogP contribution in [0.5, 0.6) is 11.5 Å². The van der Waals surface area contributed by atoms with E-state index in [9.17, 15) is 9.18 Å². The highest BCUT2D eigenvalue weighted by molar-refractivity contribution is 5.72.